The lowest BCUT2D eigenvalue weighted by Gasteiger charge is -2.33. The third kappa shape index (κ3) is 6.00. The van der Waals surface area contributed by atoms with Gasteiger partial charge in [-0.15, -0.1) is 0 Å². The Morgan fingerprint density at radius 2 is 1.60 bits per heavy atom. The summed E-state index contributed by atoms with van der Waals surface area (Å²) in [5.41, 5.74) is 2.85. The molecule has 0 spiro atoms. The molecule has 0 unspecified atom stereocenters. The van der Waals surface area contributed by atoms with Gasteiger partial charge in [-0.1, -0.05) is 30.3 Å². The molecule has 1 heterocycles. The number of nitrogens with zero attached hydrogens (tertiary/aromatic N) is 1. The predicted octanol–water partition coefficient (Wildman–Crippen LogP) is 0.911. The molecule has 2 aromatic rings. The Kier molecular flexibility index (Phi) is 7.36. The monoisotopic (exact) mass is 408 g/mol. The van der Waals surface area contributed by atoms with E-state index in [0.717, 1.165) is 43.0 Å². The van der Waals surface area contributed by atoms with Gasteiger partial charge in [0.2, 0.25) is 0 Å². The molecule has 2 aromatic carbocycles. The van der Waals surface area contributed by atoms with E-state index < -0.39 is 6.04 Å². The van der Waals surface area contributed by atoms with Crippen molar-refractivity contribution in [2.45, 2.75) is 26.3 Å². The average Bonchev–Trinajstić information content (AvgIpc) is 2.74. The minimum absolute atomic E-state index is 0.0268. The van der Waals surface area contributed by atoms with E-state index >= 15 is 0 Å². The summed E-state index contributed by atoms with van der Waals surface area (Å²) in [6.07, 6.45) is 0.515. The van der Waals surface area contributed by atoms with Crippen molar-refractivity contribution in [1.82, 2.24) is 5.32 Å². The molecule has 1 fully saturated rings. The lowest BCUT2D eigenvalue weighted by atomic mass is 10.0. The van der Waals surface area contributed by atoms with Crippen LogP contribution in [0.15, 0.2) is 54.6 Å². The normalized spacial score (nSPS) is 15.5. The zero-order valence-corrected chi connectivity index (χ0v) is 17.7. The Bertz CT molecular complexity index is 872. The molecule has 1 atom stereocenters. The van der Waals surface area contributed by atoms with Gasteiger partial charge in [0, 0.05) is 11.3 Å². The number of amides is 1. The molecule has 0 saturated carbocycles. The summed E-state index contributed by atoms with van der Waals surface area (Å²) >= 11 is 0. The Balaban J connectivity index is 1.48. The molecule has 1 saturated heterocycles. The van der Waals surface area contributed by atoms with Crippen LogP contribution in [-0.4, -0.2) is 56.2 Å². The third-order valence-electron chi connectivity index (χ3n) is 5.63. The third-order valence-corrected chi connectivity index (χ3v) is 5.63. The van der Waals surface area contributed by atoms with Crippen molar-refractivity contribution >= 4 is 23.2 Å². The zero-order valence-electron chi connectivity index (χ0n) is 17.7. The number of hydrogen-bond acceptors (Lipinski definition) is 4. The molecule has 1 aliphatic heterocycles. The number of Topliss-reactive ketones (excluding diaryl/α,β-unsaturated/α-hetero) is 2. The molecule has 158 valence electrons. The van der Waals surface area contributed by atoms with Gasteiger partial charge in [0.25, 0.3) is 5.91 Å². The molecule has 2 N–H and O–H groups in total. The lowest BCUT2D eigenvalue weighted by molar-refractivity contribution is -0.892. The molecule has 30 heavy (non-hydrogen) atoms. The number of carbonyl (C=O) groups is 3. The first-order valence-corrected chi connectivity index (χ1v) is 10.5. The molecule has 0 aromatic heterocycles. The van der Waals surface area contributed by atoms with Crippen LogP contribution < -0.4 is 15.1 Å². The van der Waals surface area contributed by atoms with Crippen molar-refractivity contribution in [1.29, 1.82) is 0 Å². The smallest absolute Gasteiger partial charge is 0.275 e. The van der Waals surface area contributed by atoms with Crippen molar-refractivity contribution in [3.05, 3.63) is 65.7 Å². The van der Waals surface area contributed by atoms with Crippen LogP contribution in [0, 0.1) is 0 Å². The first kappa shape index (κ1) is 21.7. The van der Waals surface area contributed by atoms with Crippen LogP contribution in [0.1, 0.15) is 29.8 Å². The highest BCUT2D eigenvalue weighted by Gasteiger charge is 2.24. The van der Waals surface area contributed by atoms with Crippen LogP contribution in [0.3, 0.4) is 0 Å². The number of quaternary nitrogens is 1. The van der Waals surface area contributed by atoms with Gasteiger partial charge in [-0.3, -0.25) is 14.4 Å². The number of carbonyl (C=O) groups excluding carboxylic acids is 3. The van der Waals surface area contributed by atoms with Gasteiger partial charge < -0.3 is 15.1 Å². The molecule has 0 bridgehead atoms. The minimum Gasteiger partial charge on any atom is -0.360 e. The maximum atomic E-state index is 12.5. The molecule has 6 nitrogen and oxygen atoms in total. The van der Waals surface area contributed by atoms with Crippen molar-refractivity contribution in [2.24, 2.45) is 0 Å². The van der Waals surface area contributed by atoms with Crippen LogP contribution >= 0.6 is 0 Å². The fourth-order valence-electron chi connectivity index (χ4n) is 3.78. The molecule has 0 aliphatic carbocycles. The molecule has 3 rings (SSSR count). The maximum Gasteiger partial charge on any atom is 0.275 e. The Morgan fingerprint density at radius 1 is 0.967 bits per heavy atom. The van der Waals surface area contributed by atoms with Crippen LogP contribution in [0.5, 0.6) is 0 Å². The van der Waals surface area contributed by atoms with E-state index in [1.807, 2.05) is 54.6 Å². The minimum atomic E-state index is -0.486. The highest BCUT2D eigenvalue weighted by Crippen LogP contribution is 2.15. The fourth-order valence-corrected chi connectivity index (χ4v) is 3.78. The number of rotatable bonds is 8. The second-order valence-corrected chi connectivity index (χ2v) is 7.94. The largest absolute Gasteiger partial charge is 0.360 e. The summed E-state index contributed by atoms with van der Waals surface area (Å²) in [5, 5.41) is 2.92. The summed E-state index contributed by atoms with van der Waals surface area (Å²) < 4.78 is 0. The fraction of sp³-hybridized carbons (Fsp3) is 0.375. The van der Waals surface area contributed by atoms with E-state index in [1.165, 1.54) is 11.8 Å². The molecule has 6 heteroatoms. The molecule has 1 amide bonds. The van der Waals surface area contributed by atoms with E-state index in [2.05, 4.69) is 10.2 Å². The van der Waals surface area contributed by atoms with Crippen LogP contribution in [0.4, 0.5) is 5.69 Å². The first-order chi connectivity index (χ1) is 14.4. The number of benzene rings is 2. The average molecular weight is 409 g/mol. The summed E-state index contributed by atoms with van der Waals surface area (Å²) in [6.45, 7) is 6.87. The molecule has 1 aliphatic rings. The Morgan fingerprint density at radius 3 is 2.17 bits per heavy atom. The lowest BCUT2D eigenvalue weighted by Crippen LogP contribution is -3.16. The van der Waals surface area contributed by atoms with Gasteiger partial charge in [-0.05, 0) is 50.1 Å². The Hall–Kier alpha value is -2.99. The van der Waals surface area contributed by atoms with Gasteiger partial charge in [0.15, 0.2) is 18.1 Å². The summed E-state index contributed by atoms with van der Waals surface area (Å²) in [5.74, 6) is -0.0422. The maximum absolute atomic E-state index is 12.5. The van der Waals surface area contributed by atoms with E-state index in [9.17, 15) is 14.4 Å². The van der Waals surface area contributed by atoms with E-state index in [4.69, 9.17) is 0 Å². The van der Waals surface area contributed by atoms with Gasteiger partial charge in [0.1, 0.15) is 0 Å². The van der Waals surface area contributed by atoms with Crippen LogP contribution in [0.25, 0.3) is 0 Å². The molecular formula is C24H30N3O3+. The van der Waals surface area contributed by atoms with Gasteiger partial charge >= 0.3 is 0 Å². The van der Waals surface area contributed by atoms with E-state index in [1.54, 1.807) is 6.92 Å². The standard InChI is InChI=1S/C24H29N3O3/c1-18(28)21-8-10-22(11-9-21)27-14-12-26(13-15-27)17-24(30)25-23(19(2)29)16-20-6-4-3-5-7-20/h3-11,23H,12-17H2,1-2H3,(H,25,30)/p+1/t23-/m0/s1. The zero-order chi connectivity index (χ0) is 21.5. The summed E-state index contributed by atoms with van der Waals surface area (Å²) in [7, 11) is 0. The van der Waals surface area contributed by atoms with Gasteiger partial charge in [0.05, 0.1) is 32.2 Å². The SMILES string of the molecule is CC(=O)c1ccc(N2CC[NH+](CC(=O)N[C@@H](Cc3ccccc3)C(C)=O)CC2)cc1. The number of nitrogens with one attached hydrogen (secondary N) is 2. The summed E-state index contributed by atoms with van der Waals surface area (Å²) in [6, 6.07) is 16.9. The number of anilines is 1. The number of hydrogen-bond donors (Lipinski definition) is 2. The van der Waals surface area contributed by atoms with Gasteiger partial charge in [-0.2, -0.15) is 0 Å². The van der Waals surface area contributed by atoms with Gasteiger partial charge in [-0.25, -0.2) is 0 Å². The van der Waals surface area contributed by atoms with Crippen molar-refractivity contribution in [2.75, 3.05) is 37.6 Å². The van der Waals surface area contributed by atoms with E-state index in [-0.39, 0.29) is 17.5 Å². The molecule has 0 radical (unpaired) electrons. The topological polar surface area (TPSA) is 70.9 Å². The van der Waals surface area contributed by atoms with Crippen molar-refractivity contribution < 1.29 is 19.3 Å². The quantitative estimate of drug-likeness (QED) is 0.637. The Labute approximate surface area is 177 Å². The predicted molar refractivity (Wildman–Crippen MR) is 117 cm³/mol. The first-order valence-electron chi connectivity index (χ1n) is 10.5. The van der Waals surface area contributed by atoms with Crippen molar-refractivity contribution in [3.63, 3.8) is 0 Å². The second kappa shape index (κ2) is 10.2. The number of piperazine rings is 1. The van der Waals surface area contributed by atoms with E-state index in [0.29, 0.717) is 13.0 Å². The second-order valence-electron chi connectivity index (χ2n) is 7.94. The van der Waals surface area contributed by atoms with Crippen molar-refractivity contribution in [3.8, 4) is 0 Å². The summed E-state index contributed by atoms with van der Waals surface area (Å²) in [4.78, 5) is 39.4. The number of ketones is 2. The molecular weight excluding hydrogens is 378 g/mol. The highest BCUT2D eigenvalue weighted by atomic mass is 16.2. The highest BCUT2D eigenvalue weighted by molar-refractivity contribution is 5.94. The van der Waals surface area contributed by atoms with Crippen LogP contribution in [0.2, 0.25) is 0 Å². The van der Waals surface area contributed by atoms with Crippen LogP contribution in [-0.2, 0) is 16.0 Å².